The lowest BCUT2D eigenvalue weighted by molar-refractivity contribution is -0.261. The minimum atomic E-state index is -4.88. The Bertz CT molecular complexity index is 1110. The molecular formula is C22H22F5N3O5. The van der Waals surface area contributed by atoms with Gasteiger partial charge in [-0.2, -0.15) is 17.6 Å². The average Bonchev–Trinajstić information content (AvgIpc) is 3.16. The molecule has 3 N–H and O–H groups in total. The number of nitrogens with one attached hydrogen (secondary N) is 1. The van der Waals surface area contributed by atoms with E-state index in [0.717, 1.165) is 25.1 Å². The summed E-state index contributed by atoms with van der Waals surface area (Å²) in [5.41, 5.74) is 2.03. The molecule has 1 saturated heterocycles. The van der Waals surface area contributed by atoms with Gasteiger partial charge in [0.05, 0.1) is 6.61 Å². The van der Waals surface area contributed by atoms with E-state index >= 15 is 0 Å². The number of hydrogen-bond donors (Lipinski definition) is 2. The Kier molecular flexibility index (Phi) is 7.60. The molecule has 0 saturated carbocycles. The van der Waals surface area contributed by atoms with Crippen LogP contribution in [0.4, 0.5) is 27.6 Å². The van der Waals surface area contributed by atoms with Gasteiger partial charge < -0.3 is 25.3 Å². The molecule has 13 heteroatoms. The van der Waals surface area contributed by atoms with E-state index < -0.39 is 59.4 Å². The Morgan fingerprint density at radius 3 is 2.60 bits per heavy atom. The van der Waals surface area contributed by atoms with E-state index in [-0.39, 0.29) is 30.2 Å². The van der Waals surface area contributed by atoms with E-state index in [9.17, 15) is 31.5 Å². The molecule has 190 valence electrons. The summed E-state index contributed by atoms with van der Waals surface area (Å²) in [6, 6.07) is 4.20. The van der Waals surface area contributed by atoms with Gasteiger partial charge in [0, 0.05) is 30.5 Å². The SMILES string of the molecule is COCCOc1c([C@H]2C[C@@](C)(C(F)(F)F)O[C@@H]2C(=O)Nc2ccnc(C(N)=O)c2)ccc(F)c1F. The molecule has 35 heavy (non-hydrogen) atoms. The smallest absolute Gasteiger partial charge is 0.417 e. The third-order valence-corrected chi connectivity index (χ3v) is 5.51. The number of alkyl halides is 3. The Balaban J connectivity index is 2.01. The molecule has 3 atom stereocenters. The lowest BCUT2D eigenvalue weighted by Crippen LogP contribution is -2.43. The first-order valence-corrected chi connectivity index (χ1v) is 10.3. The maximum Gasteiger partial charge on any atom is 0.417 e. The monoisotopic (exact) mass is 503 g/mol. The number of nitrogens with zero attached hydrogens (tertiary/aromatic N) is 1. The van der Waals surface area contributed by atoms with Gasteiger partial charge in [-0.05, 0) is 31.5 Å². The largest absolute Gasteiger partial charge is 0.488 e. The molecule has 2 heterocycles. The van der Waals surface area contributed by atoms with E-state index in [4.69, 9.17) is 19.9 Å². The van der Waals surface area contributed by atoms with Crippen molar-refractivity contribution in [1.29, 1.82) is 0 Å². The van der Waals surface area contributed by atoms with E-state index in [1.807, 2.05) is 0 Å². The normalized spacial score (nSPS) is 22.1. The van der Waals surface area contributed by atoms with Gasteiger partial charge in [0.25, 0.3) is 11.8 Å². The molecule has 2 amide bonds. The van der Waals surface area contributed by atoms with Crippen LogP contribution >= 0.6 is 0 Å². The third kappa shape index (κ3) is 5.51. The fourth-order valence-corrected chi connectivity index (χ4v) is 3.70. The van der Waals surface area contributed by atoms with Gasteiger partial charge in [-0.15, -0.1) is 0 Å². The van der Waals surface area contributed by atoms with Crippen molar-refractivity contribution in [3.05, 3.63) is 53.4 Å². The van der Waals surface area contributed by atoms with Crippen molar-refractivity contribution in [2.24, 2.45) is 5.73 Å². The highest BCUT2D eigenvalue weighted by molar-refractivity contribution is 5.97. The molecule has 3 rings (SSSR count). The fourth-order valence-electron chi connectivity index (χ4n) is 3.70. The number of carbonyl (C=O) groups excluding carboxylic acids is 2. The summed E-state index contributed by atoms with van der Waals surface area (Å²) in [5, 5.41) is 2.36. The van der Waals surface area contributed by atoms with Gasteiger partial charge >= 0.3 is 6.18 Å². The summed E-state index contributed by atoms with van der Waals surface area (Å²) in [5.74, 6) is -6.61. The van der Waals surface area contributed by atoms with E-state index in [0.29, 0.717) is 0 Å². The number of aromatic nitrogens is 1. The van der Waals surface area contributed by atoms with Crippen LogP contribution in [-0.2, 0) is 14.3 Å². The molecule has 0 spiro atoms. The minimum Gasteiger partial charge on any atom is -0.488 e. The summed E-state index contributed by atoms with van der Waals surface area (Å²) in [6.45, 7) is 0.527. The van der Waals surface area contributed by atoms with Gasteiger partial charge in [-0.1, -0.05) is 6.07 Å². The number of pyridine rings is 1. The molecule has 0 unspecified atom stereocenters. The van der Waals surface area contributed by atoms with E-state index in [1.165, 1.54) is 19.4 Å². The number of halogens is 5. The first-order valence-electron chi connectivity index (χ1n) is 10.3. The molecule has 8 nitrogen and oxygen atoms in total. The number of ether oxygens (including phenoxy) is 3. The quantitative estimate of drug-likeness (QED) is 0.422. The molecule has 1 aromatic carbocycles. The number of carbonyl (C=O) groups is 2. The van der Waals surface area contributed by atoms with Crippen molar-refractivity contribution < 1.29 is 45.8 Å². The second kappa shape index (κ2) is 10.1. The zero-order valence-corrected chi connectivity index (χ0v) is 18.6. The van der Waals surface area contributed by atoms with Gasteiger partial charge in [-0.3, -0.25) is 14.6 Å². The first-order chi connectivity index (χ1) is 16.4. The standard InChI is InChI=1S/C22H22F5N3O5/c1-21(22(25,26)27)10-13(12-3-4-14(23)16(24)17(12)34-8-7-33-2)18(35-21)20(32)30-11-5-6-29-15(9-11)19(28)31/h3-6,9,13,18H,7-8,10H2,1-2H3,(H2,28,31)(H,29,30,32)/t13-,18+,21+/m1/s1. The predicted molar refractivity (Wildman–Crippen MR) is 112 cm³/mol. The zero-order chi connectivity index (χ0) is 26.0. The van der Waals surface area contributed by atoms with Crippen LogP contribution in [0.15, 0.2) is 30.5 Å². The van der Waals surface area contributed by atoms with Crippen LogP contribution in [0.25, 0.3) is 0 Å². The highest BCUT2D eigenvalue weighted by Gasteiger charge is 2.61. The number of nitrogens with two attached hydrogens (primary N) is 1. The van der Waals surface area contributed by atoms with Crippen LogP contribution in [0.5, 0.6) is 5.75 Å². The summed E-state index contributed by atoms with van der Waals surface area (Å²) in [7, 11) is 1.34. The van der Waals surface area contributed by atoms with Crippen molar-refractivity contribution in [2.75, 3.05) is 25.6 Å². The van der Waals surface area contributed by atoms with Crippen LogP contribution in [-0.4, -0.2) is 55.0 Å². The van der Waals surface area contributed by atoms with E-state index in [1.54, 1.807) is 0 Å². The molecule has 1 fully saturated rings. The number of methoxy groups -OCH3 is 1. The second-order valence-corrected chi connectivity index (χ2v) is 7.98. The van der Waals surface area contributed by atoms with Crippen molar-refractivity contribution in [3.8, 4) is 5.75 Å². The number of benzene rings is 1. The van der Waals surface area contributed by atoms with Gasteiger partial charge in [0.15, 0.2) is 17.2 Å². The number of rotatable bonds is 8. The van der Waals surface area contributed by atoms with Crippen molar-refractivity contribution in [1.82, 2.24) is 4.98 Å². The second-order valence-electron chi connectivity index (χ2n) is 7.98. The summed E-state index contributed by atoms with van der Waals surface area (Å²) in [6.07, 6.45) is -6.27. The fraction of sp³-hybridized carbons (Fsp3) is 0.409. The molecule has 1 aliphatic rings. The maximum absolute atomic E-state index is 14.6. The first kappa shape index (κ1) is 26.3. The predicted octanol–water partition coefficient (Wildman–Crippen LogP) is 3.32. The summed E-state index contributed by atoms with van der Waals surface area (Å²) < 4.78 is 85.3. The topological polar surface area (TPSA) is 113 Å². The molecule has 0 radical (unpaired) electrons. The Morgan fingerprint density at radius 2 is 1.97 bits per heavy atom. The van der Waals surface area contributed by atoms with Crippen LogP contribution in [0.1, 0.15) is 35.3 Å². The highest BCUT2D eigenvalue weighted by atomic mass is 19.4. The molecule has 0 bridgehead atoms. The van der Waals surface area contributed by atoms with Crippen LogP contribution in [0.2, 0.25) is 0 Å². The molecule has 0 aliphatic carbocycles. The Morgan fingerprint density at radius 1 is 1.26 bits per heavy atom. The summed E-state index contributed by atoms with van der Waals surface area (Å²) in [4.78, 5) is 28.1. The Labute approximate surface area is 196 Å². The van der Waals surface area contributed by atoms with Gasteiger partial charge in [0.1, 0.15) is 18.4 Å². The number of hydrogen-bond acceptors (Lipinski definition) is 6. The van der Waals surface area contributed by atoms with Crippen LogP contribution in [0, 0.1) is 11.6 Å². The van der Waals surface area contributed by atoms with Crippen molar-refractivity contribution in [2.45, 2.75) is 37.1 Å². The third-order valence-electron chi connectivity index (χ3n) is 5.51. The van der Waals surface area contributed by atoms with Crippen LogP contribution in [0.3, 0.4) is 0 Å². The molecule has 2 aromatic rings. The molecule has 1 aromatic heterocycles. The van der Waals surface area contributed by atoms with Crippen molar-refractivity contribution >= 4 is 17.5 Å². The number of primary amides is 1. The average molecular weight is 503 g/mol. The zero-order valence-electron chi connectivity index (χ0n) is 18.6. The maximum atomic E-state index is 14.6. The van der Waals surface area contributed by atoms with E-state index in [2.05, 4.69) is 10.3 Å². The summed E-state index contributed by atoms with van der Waals surface area (Å²) >= 11 is 0. The minimum absolute atomic E-state index is 0.00895. The number of anilines is 1. The lowest BCUT2D eigenvalue weighted by Gasteiger charge is -2.27. The lowest BCUT2D eigenvalue weighted by atomic mass is 9.85. The number of amides is 2. The van der Waals surface area contributed by atoms with Gasteiger partial charge in [0.2, 0.25) is 5.82 Å². The van der Waals surface area contributed by atoms with Crippen molar-refractivity contribution in [3.63, 3.8) is 0 Å². The molecular weight excluding hydrogens is 481 g/mol. The van der Waals surface area contributed by atoms with Gasteiger partial charge in [-0.25, -0.2) is 4.39 Å². The van der Waals surface area contributed by atoms with Crippen LogP contribution < -0.4 is 15.8 Å². The molecule has 1 aliphatic heterocycles. The Hall–Kier alpha value is -3.32. The highest BCUT2D eigenvalue weighted by Crippen LogP contribution is 2.51.